The van der Waals surface area contributed by atoms with E-state index in [4.69, 9.17) is 21.7 Å². The van der Waals surface area contributed by atoms with Crippen molar-refractivity contribution >= 4 is 22.7 Å². The first-order chi connectivity index (χ1) is 8.09. The minimum Gasteiger partial charge on any atom is -0.480 e. The second kappa shape index (κ2) is 9.98. The van der Waals surface area contributed by atoms with E-state index in [0.29, 0.717) is 5.75 Å². The zero-order valence-corrected chi connectivity index (χ0v) is 11.6. The quantitative estimate of drug-likeness (QED) is 0.500. The molecule has 0 amide bonds. The van der Waals surface area contributed by atoms with Gasteiger partial charge in [0.25, 0.3) is 0 Å². The van der Waals surface area contributed by atoms with Crippen LogP contribution in [0.25, 0.3) is 0 Å². The van der Waals surface area contributed by atoms with E-state index in [1.807, 2.05) is 0 Å². The molecule has 7 nitrogen and oxygen atoms in total. The van der Waals surface area contributed by atoms with Crippen molar-refractivity contribution < 1.29 is 24.0 Å². The Morgan fingerprint density at radius 3 is 1.78 bits per heavy atom. The molecular formula is C10H22N2O5S. The van der Waals surface area contributed by atoms with Gasteiger partial charge < -0.3 is 21.7 Å². The van der Waals surface area contributed by atoms with Crippen molar-refractivity contribution in [1.29, 1.82) is 0 Å². The van der Waals surface area contributed by atoms with Crippen molar-refractivity contribution in [2.45, 2.75) is 32.4 Å². The van der Waals surface area contributed by atoms with Crippen molar-refractivity contribution in [3.63, 3.8) is 0 Å². The van der Waals surface area contributed by atoms with Gasteiger partial charge in [-0.1, -0.05) is 13.8 Å². The first-order valence-electron chi connectivity index (χ1n) is 5.36. The van der Waals surface area contributed by atoms with E-state index >= 15 is 0 Å². The Morgan fingerprint density at radius 2 is 1.61 bits per heavy atom. The Kier molecular flexibility index (Phi) is 10.7. The molecule has 0 rings (SSSR count). The second-order valence-corrected chi connectivity index (χ2v) is 5.67. The number of nitrogens with two attached hydrogens (primary N) is 2. The lowest BCUT2D eigenvalue weighted by molar-refractivity contribution is -0.140. The SMILES string of the molecule is CC(C)C(N)C(=O)O.CS(=O)CCC(N)C(=O)O. The van der Waals surface area contributed by atoms with E-state index in [1.165, 1.54) is 6.26 Å². The molecule has 0 bridgehead atoms. The lowest BCUT2D eigenvalue weighted by Crippen LogP contribution is -2.34. The third-order valence-corrected chi connectivity index (χ3v) is 2.85. The van der Waals surface area contributed by atoms with Gasteiger partial charge in [0.2, 0.25) is 0 Å². The van der Waals surface area contributed by atoms with Crippen LogP contribution in [0.15, 0.2) is 0 Å². The third-order valence-electron chi connectivity index (χ3n) is 2.04. The number of carbonyl (C=O) groups is 2. The van der Waals surface area contributed by atoms with Crippen LogP contribution in [-0.2, 0) is 20.4 Å². The summed E-state index contributed by atoms with van der Waals surface area (Å²) in [6, 6.07) is -1.58. The van der Waals surface area contributed by atoms with Gasteiger partial charge in [-0.05, 0) is 12.3 Å². The number of hydrogen-bond donors (Lipinski definition) is 4. The summed E-state index contributed by atoms with van der Waals surface area (Å²) in [5, 5.41) is 16.5. The van der Waals surface area contributed by atoms with Gasteiger partial charge in [0.15, 0.2) is 0 Å². The van der Waals surface area contributed by atoms with Gasteiger partial charge >= 0.3 is 11.9 Å². The lowest BCUT2D eigenvalue weighted by Gasteiger charge is -2.07. The van der Waals surface area contributed by atoms with Gasteiger partial charge in [0.05, 0.1) is 0 Å². The molecule has 0 aromatic rings. The van der Waals surface area contributed by atoms with E-state index in [-0.39, 0.29) is 12.3 Å². The fraction of sp³-hybridized carbons (Fsp3) is 0.800. The van der Waals surface area contributed by atoms with Crippen molar-refractivity contribution in [2.75, 3.05) is 12.0 Å². The van der Waals surface area contributed by atoms with Crippen LogP contribution in [0.4, 0.5) is 0 Å². The Balaban J connectivity index is 0. The van der Waals surface area contributed by atoms with Crippen molar-refractivity contribution in [2.24, 2.45) is 17.4 Å². The second-order valence-electron chi connectivity index (χ2n) is 4.12. The molecule has 0 fully saturated rings. The van der Waals surface area contributed by atoms with Crippen LogP contribution in [0.2, 0.25) is 0 Å². The van der Waals surface area contributed by atoms with E-state index in [0.717, 1.165) is 0 Å². The Bertz CT molecular complexity index is 296. The van der Waals surface area contributed by atoms with E-state index in [9.17, 15) is 13.8 Å². The van der Waals surface area contributed by atoms with E-state index in [2.05, 4.69) is 0 Å². The van der Waals surface area contributed by atoms with Crippen LogP contribution in [0, 0.1) is 5.92 Å². The molecule has 0 aliphatic heterocycles. The van der Waals surface area contributed by atoms with Crippen LogP contribution in [0.1, 0.15) is 20.3 Å². The largest absolute Gasteiger partial charge is 0.480 e. The first kappa shape index (κ1) is 19.4. The minimum atomic E-state index is -1.04. The van der Waals surface area contributed by atoms with Crippen molar-refractivity contribution in [3.8, 4) is 0 Å². The molecule has 0 spiro atoms. The zero-order chi connectivity index (χ0) is 14.9. The number of aliphatic carboxylic acids is 2. The average molecular weight is 282 g/mol. The third kappa shape index (κ3) is 11.5. The van der Waals surface area contributed by atoms with Crippen molar-refractivity contribution in [3.05, 3.63) is 0 Å². The van der Waals surface area contributed by atoms with Crippen LogP contribution in [0.3, 0.4) is 0 Å². The molecule has 8 heteroatoms. The molecule has 6 N–H and O–H groups in total. The summed E-state index contributed by atoms with van der Waals surface area (Å²) in [7, 11) is -0.946. The molecule has 0 heterocycles. The molecule has 108 valence electrons. The van der Waals surface area contributed by atoms with Crippen LogP contribution in [-0.4, -0.2) is 50.5 Å². The fourth-order valence-electron chi connectivity index (χ4n) is 0.702. The Hall–Kier alpha value is -0.990. The molecule has 18 heavy (non-hydrogen) atoms. The number of carboxylic acid groups (broad SMARTS) is 2. The van der Waals surface area contributed by atoms with Crippen LogP contribution in [0.5, 0.6) is 0 Å². The molecule has 0 radical (unpaired) electrons. The van der Waals surface area contributed by atoms with Gasteiger partial charge in [0.1, 0.15) is 12.1 Å². The standard InChI is InChI=1S/C5H11NO3S.C5H11NO2/c1-10(9)3-2-4(6)5(7)8;1-3(2)4(6)5(7)8/h4H,2-3,6H2,1H3,(H,7,8);3-4H,6H2,1-2H3,(H,7,8). The van der Waals surface area contributed by atoms with Gasteiger partial charge in [-0.25, -0.2) is 0 Å². The van der Waals surface area contributed by atoms with Gasteiger partial charge in [-0.15, -0.1) is 0 Å². The fourth-order valence-corrected chi connectivity index (χ4v) is 1.29. The molecule has 3 atom stereocenters. The predicted molar refractivity (Wildman–Crippen MR) is 69.6 cm³/mol. The summed E-state index contributed by atoms with van der Waals surface area (Å²) in [4.78, 5) is 20.1. The predicted octanol–water partition coefficient (Wildman–Crippen LogP) is -0.779. The monoisotopic (exact) mass is 282 g/mol. The molecular weight excluding hydrogens is 260 g/mol. The van der Waals surface area contributed by atoms with Gasteiger partial charge in [-0.2, -0.15) is 0 Å². The normalized spacial score (nSPS) is 15.2. The molecule has 3 unspecified atom stereocenters. The summed E-state index contributed by atoms with van der Waals surface area (Å²) in [6.07, 6.45) is 1.80. The highest BCUT2D eigenvalue weighted by Crippen LogP contribution is 1.96. The number of carboxylic acids is 2. The molecule has 0 aromatic heterocycles. The summed E-state index contributed by atoms with van der Waals surface area (Å²) in [6.45, 7) is 3.55. The maximum Gasteiger partial charge on any atom is 0.320 e. The summed E-state index contributed by atoms with van der Waals surface area (Å²) in [5.41, 5.74) is 10.3. The molecule has 0 aliphatic rings. The maximum atomic E-state index is 10.4. The molecule has 0 aromatic carbocycles. The first-order valence-corrected chi connectivity index (χ1v) is 7.09. The van der Waals surface area contributed by atoms with Crippen LogP contribution >= 0.6 is 0 Å². The molecule has 0 saturated heterocycles. The molecule has 0 saturated carbocycles. The zero-order valence-electron chi connectivity index (χ0n) is 10.8. The number of hydrogen-bond acceptors (Lipinski definition) is 5. The van der Waals surface area contributed by atoms with E-state index < -0.39 is 34.8 Å². The topological polar surface area (TPSA) is 144 Å². The van der Waals surface area contributed by atoms with Gasteiger partial charge in [-0.3, -0.25) is 13.8 Å². The summed E-state index contributed by atoms with van der Waals surface area (Å²) < 4.78 is 10.4. The van der Waals surface area contributed by atoms with Crippen LogP contribution < -0.4 is 11.5 Å². The Labute approximate surface area is 109 Å². The summed E-state index contributed by atoms with van der Waals surface area (Å²) >= 11 is 0. The highest BCUT2D eigenvalue weighted by atomic mass is 32.2. The maximum absolute atomic E-state index is 10.4. The average Bonchev–Trinajstić information content (AvgIpc) is 2.24. The minimum absolute atomic E-state index is 0.0208. The van der Waals surface area contributed by atoms with E-state index in [1.54, 1.807) is 13.8 Å². The lowest BCUT2D eigenvalue weighted by atomic mass is 10.1. The van der Waals surface area contributed by atoms with Crippen molar-refractivity contribution in [1.82, 2.24) is 0 Å². The molecule has 0 aliphatic carbocycles. The summed E-state index contributed by atoms with van der Waals surface area (Å²) in [5.74, 6) is -1.59. The highest BCUT2D eigenvalue weighted by Gasteiger charge is 2.14. The smallest absolute Gasteiger partial charge is 0.320 e. The number of rotatable bonds is 6. The Morgan fingerprint density at radius 1 is 1.17 bits per heavy atom. The highest BCUT2D eigenvalue weighted by molar-refractivity contribution is 7.84. The van der Waals surface area contributed by atoms with Gasteiger partial charge in [0, 0.05) is 22.8 Å².